The number of halogens is 1. The summed E-state index contributed by atoms with van der Waals surface area (Å²) in [5.41, 5.74) is 4.96. The second kappa shape index (κ2) is 7.53. The van der Waals surface area contributed by atoms with Crippen LogP contribution in [0.3, 0.4) is 0 Å². The molecule has 0 atom stereocenters. The SMILES string of the molecule is COc1ccc2oc(-c3ccc(Cl)cc3)cc(=Nc3cc(C)cc(C)c3)c2c1. The molecule has 0 saturated heterocycles. The molecule has 0 fully saturated rings. The van der Waals surface area contributed by atoms with E-state index in [1.807, 2.05) is 48.5 Å². The van der Waals surface area contributed by atoms with Crippen LogP contribution in [0.1, 0.15) is 11.1 Å². The first-order valence-corrected chi connectivity index (χ1v) is 9.40. The van der Waals surface area contributed by atoms with E-state index in [-0.39, 0.29) is 0 Å². The van der Waals surface area contributed by atoms with Gasteiger partial charge in [0.1, 0.15) is 17.1 Å². The summed E-state index contributed by atoms with van der Waals surface area (Å²) in [6.45, 7) is 4.15. The lowest BCUT2D eigenvalue weighted by Crippen LogP contribution is -2.03. The minimum Gasteiger partial charge on any atom is -0.497 e. The molecule has 28 heavy (non-hydrogen) atoms. The summed E-state index contributed by atoms with van der Waals surface area (Å²) >= 11 is 6.03. The molecule has 3 aromatic carbocycles. The molecule has 140 valence electrons. The first-order valence-electron chi connectivity index (χ1n) is 9.03. The molecular formula is C24H20ClNO2. The first-order chi connectivity index (χ1) is 13.5. The van der Waals surface area contributed by atoms with Crippen molar-refractivity contribution in [2.45, 2.75) is 13.8 Å². The first kappa shape index (κ1) is 18.3. The molecule has 0 aliphatic carbocycles. The van der Waals surface area contributed by atoms with E-state index in [0.717, 1.165) is 39.1 Å². The zero-order chi connectivity index (χ0) is 19.7. The van der Waals surface area contributed by atoms with Crippen LogP contribution < -0.4 is 10.1 Å². The summed E-state index contributed by atoms with van der Waals surface area (Å²) < 4.78 is 11.6. The summed E-state index contributed by atoms with van der Waals surface area (Å²) in [7, 11) is 1.65. The number of fused-ring (bicyclic) bond motifs is 1. The van der Waals surface area contributed by atoms with Crippen molar-refractivity contribution in [2.75, 3.05) is 7.11 Å². The monoisotopic (exact) mass is 389 g/mol. The Balaban J connectivity index is 2.00. The number of ether oxygens (including phenoxy) is 1. The maximum absolute atomic E-state index is 6.15. The molecule has 4 heteroatoms. The molecule has 0 aliphatic heterocycles. The minimum atomic E-state index is 0.689. The molecule has 0 spiro atoms. The second-order valence-electron chi connectivity index (χ2n) is 6.82. The smallest absolute Gasteiger partial charge is 0.137 e. The van der Waals surface area contributed by atoms with Crippen molar-refractivity contribution in [1.29, 1.82) is 0 Å². The van der Waals surface area contributed by atoms with E-state index in [1.165, 1.54) is 11.1 Å². The third-order valence-corrected chi connectivity index (χ3v) is 4.79. The van der Waals surface area contributed by atoms with Crippen LogP contribution in [0.5, 0.6) is 5.75 Å². The lowest BCUT2D eigenvalue weighted by molar-refractivity contribution is 0.415. The number of hydrogen-bond acceptors (Lipinski definition) is 3. The lowest BCUT2D eigenvalue weighted by Gasteiger charge is -2.07. The average Bonchev–Trinajstić information content (AvgIpc) is 2.67. The normalized spacial score (nSPS) is 11.8. The topological polar surface area (TPSA) is 34.7 Å². The highest BCUT2D eigenvalue weighted by Gasteiger charge is 2.08. The van der Waals surface area contributed by atoms with Gasteiger partial charge in [-0.1, -0.05) is 17.7 Å². The summed E-state index contributed by atoms with van der Waals surface area (Å²) in [4.78, 5) is 4.93. The fraction of sp³-hybridized carbons (Fsp3) is 0.125. The largest absolute Gasteiger partial charge is 0.497 e. The van der Waals surface area contributed by atoms with E-state index < -0.39 is 0 Å². The van der Waals surface area contributed by atoms with Gasteiger partial charge < -0.3 is 9.15 Å². The standard InChI is InChI=1S/C24H20ClNO2/c1-15-10-16(2)12-19(11-15)26-22-14-24(17-4-6-18(25)7-5-17)28-23-9-8-20(27-3)13-21(22)23/h4-14H,1-3H3. The van der Waals surface area contributed by atoms with Gasteiger partial charge in [-0.2, -0.15) is 0 Å². The number of hydrogen-bond donors (Lipinski definition) is 0. The van der Waals surface area contributed by atoms with Gasteiger partial charge in [-0.15, -0.1) is 0 Å². The molecule has 3 nitrogen and oxygen atoms in total. The molecule has 1 heterocycles. The summed E-state index contributed by atoms with van der Waals surface area (Å²) in [6, 6.07) is 21.6. The molecule has 4 aromatic rings. The van der Waals surface area contributed by atoms with Gasteiger partial charge in [0.25, 0.3) is 0 Å². The Bertz CT molecular complexity index is 1200. The van der Waals surface area contributed by atoms with Crippen LogP contribution >= 0.6 is 11.6 Å². The van der Waals surface area contributed by atoms with Crippen LogP contribution in [-0.4, -0.2) is 7.11 Å². The molecule has 0 unspecified atom stereocenters. The second-order valence-corrected chi connectivity index (χ2v) is 7.26. The van der Waals surface area contributed by atoms with Gasteiger partial charge in [0.15, 0.2) is 0 Å². The predicted octanol–water partition coefficient (Wildman–Crippen LogP) is 6.61. The number of nitrogens with zero attached hydrogens (tertiary/aromatic N) is 1. The predicted molar refractivity (Wildman–Crippen MR) is 114 cm³/mol. The van der Waals surface area contributed by atoms with E-state index in [1.54, 1.807) is 7.11 Å². The van der Waals surface area contributed by atoms with Crippen molar-refractivity contribution in [1.82, 2.24) is 0 Å². The van der Waals surface area contributed by atoms with E-state index >= 15 is 0 Å². The van der Waals surface area contributed by atoms with Crippen LogP contribution in [0, 0.1) is 13.8 Å². The van der Waals surface area contributed by atoms with E-state index in [0.29, 0.717) is 5.02 Å². The number of rotatable bonds is 3. The van der Waals surface area contributed by atoms with Gasteiger partial charge >= 0.3 is 0 Å². The Morgan fingerprint density at radius 3 is 2.25 bits per heavy atom. The third-order valence-electron chi connectivity index (χ3n) is 4.54. The quantitative estimate of drug-likeness (QED) is 0.395. The third kappa shape index (κ3) is 3.80. The van der Waals surface area contributed by atoms with Crippen LogP contribution in [-0.2, 0) is 0 Å². The Hall–Kier alpha value is -3.04. The molecule has 0 amide bonds. The highest BCUT2D eigenvalue weighted by molar-refractivity contribution is 6.30. The Morgan fingerprint density at radius 1 is 0.857 bits per heavy atom. The van der Waals surface area contributed by atoms with Crippen molar-refractivity contribution in [2.24, 2.45) is 4.99 Å². The van der Waals surface area contributed by atoms with E-state index in [2.05, 4.69) is 32.0 Å². The number of benzene rings is 3. The van der Waals surface area contributed by atoms with Gasteiger partial charge in [-0.25, -0.2) is 4.99 Å². The minimum absolute atomic E-state index is 0.689. The molecule has 0 bridgehead atoms. The maximum Gasteiger partial charge on any atom is 0.137 e. The Kier molecular flexibility index (Phi) is 4.93. The fourth-order valence-corrected chi connectivity index (χ4v) is 3.40. The highest BCUT2D eigenvalue weighted by atomic mass is 35.5. The molecule has 4 rings (SSSR count). The van der Waals surface area contributed by atoms with Crippen LogP contribution in [0.2, 0.25) is 5.02 Å². The fourth-order valence-electron chi connectivity index (χ4n) is 3.28. The van der Waals surface area contributed by atoms with Gasteiger partial charge in [0, 0.05) is 22.0 Å². The van der Waals surface area contributed by atoms with Gasteiger partial charge in [0.05, 0.1) is 18.2 Å². The summed E-state index contributed by atoms with van der Waals surface area (Å²) in [5.74, 6) is 1.50. The zero-order valence-electron chi connectivity index (χ0n) is 16.0. The van der Waals surface area contributed by atoms with Crippen molar-refractivity contribution < 1.29 is 9.15 Å². The molecular weight excluding hydrogens is 370 g/mol. The van der Waals surface area contributed by atoms with Gasteiger partial charge in [0.2, 0.25) is 0 Å². The average molecular weight is 390 g/mol. The molecule has 1 aromatic heterocycles. The molecule has 0 aliphatic rings. The van der Waals surface area contributed by atoms with Crippen LogP contribution in [0.4, 0.5) is 5.69 Å². The lowest BCUT2D eigenvalue weighted by atomic mass is 10.1. The van der Waals surface area contributed by atoms with Crippen molar-refractivity contribution in [3.05, 3.63) is 88.2 Å². The Morgan fingerprint density at radius 2 is 1.57 bits per heavy atom. The zero-order valence-corrected chi connectivity index (χ0v) is 16.7. The van der Waals surface area contributed by atoms with Gasteiger partial charge in [-0.3, -0.25) is 0 Å². The number of methoxy groups -OCH3 is 1. The molecule has 0 saturated carbocycles. The summed E-state index contributed by atoms with van der Waals surface area (Å²) in [6.07, 6.45) is 0. The Labute approximate surface area is 168 Å². The van der Waals surface area contributed by atoms with E-state index in [4.69, 9.17) is 25.7 Å². The van der Waals surface area contributed by atoms with Crippen molar-refractivity contribution in [3.8, 4) is 17.1 Å². The highest BCUT2D eigenvalue weighted by Crippen LogP contribution is 2.26. The van der Waals surface area contributed by atoms with Gasteiger partial charge in [-0.05, 0) is 79.6 Å². The molecule has 0 N–H and O–H groups in total. The summed E-state index contributed by atoms with van der Waals surface area (Å²) in [5, 5.41) is 2.42. The number of aryl methyl sites for hydroxylation is 2. The van der Waals surface area contributed by atoms with Crippen LogP contribution in [0.25, 0.3) is 22.3 Å². The van der Waals surface area contributed by atoms with Crippen molar-refractivity contribution >= 4 is 28.3 Å². The van der Waals surface area contributed by atoms with E-state index in [9.17, 15) is 0 Å². The van der Waals surface area contributed by atoms with Crippen LogP contribution in [0.15, 0.2) is 76.1 Å². The van der Waals surface area contributed by atoms with Crippen molar-refractivity contribution in [3.63, 3.8) is 0 Å². The molecule has 0 radical (unpaired) electrons. The maximum atomic E-state index is 6.15.